The zero-order chi connectivity index (χ0) is 11.3. The van der Waals surface area contributed by atoms with Crippen molar-refractivity contribution in [3.05, 3.63) is 28.2 Å². The van der Waals surface area contributed by atoms with Gasteiger partial charge < -0.3 is 15.5 Å². The summed E-state index contributed by atoms with van der Waals surface area (Å²) in [6.45, 7) is 0.0911. The van der Waals surface area contributed by atoms with E-state index in [1.165, 1.54) is 13.3 Å². The molecule has 0 aliphatic rings. The highest BCUT2D eigenvalue weighted by molar-refractivity contribution is 9.10. The highest BCUT2D eigenvalue weighted by atomic mass is 79.9. The van der Waals surface area contributed by atoms with Gasteiger partial charge in [0.2, 0.25) is 0 Å². The van der Waals surface area contributed by atoms with E-state index in [1.807, 2.05) is 12.1 Å². The predicted octanol–water partition coefficient (Wildman–Crippen LogP) is 2.03. The van der Waals surface area contributed by atoms with Gasteiger partial charge in [-0.2, -0.15) is 0 Å². The van der Waals surface area contributed by atoms with E-state index in [2.05, 4.69) is 26.0 Å². The van der Waals surface area contributed by atoms with Crippen LogP contribution >= 0.6 is 15.9 Å². The second kappa shape index (κ2) is 5.50. The van der Waals surface area contributed by atoms with Gasteiger partial charge >= 0.3 is 5.97 Å². The summed E-state index contributed by atoms with van der Waals surface area (Å²) in [5, 5.41) is 10.1. The molecule has 1 rings (SSSR count). The smallest absolute Gasteiger partial charge is 0.325 e. The molecule has 5 heteroatoms. The Bertz CT molecular complexity index is 380. The van der Waals surface area contributed by atoms with Crippen LogP contribution < -0.4 is 5.32 Å². The summed E-state index contributed by atoms with van der Waals surface area (Å²) in [4.78, 5) is 10.9. The Balaban J connectivity index is 2.78. The first-order valence-electron chi connectivity index (χ1n) is 4.28. The van der Waals surface area contributed by atoms with Crippen LogP contribution in [0.3, 0.4) is 0 Å². The maximum Gasteiger partial charge on any atom is 0.325 e. The van der Waals surface area contributed by atoms with Gasteiger partial charge in [0.05, 0.1) is 7.11 Å². The summed E-state index contributed by atoms with van der Waals surface area (Å²) in [6.07, 6.45) is 1.23. The number of anilines is 1. The predicted molar refractivity (Wildman–Crippen MR) is 62.5 cm³/mol. The van der Waals surface area contributed by atoms with E-state index >= 15 is 0 Å². The molecular formula is C10H11BrN2O2. The van der Waals surface area contributed by atoms with Crippen LogP contribution in [0.25, 0.3) is 0 Å². The molecule has 15 heavy (non-hydrogen) atoms. The van der Waals surface area contributed by atoms with Crippen molar-refractivity contribution in [3.8, 4) is 0 Å². The normalized spacial score (nSPS) is 9.47. The molecule has 0 bridgehead atoms. The monoisotopic (exact) mass is 270 g/mol. The molecule has 4 nitrogen and oxygen atoms in total. The zero-order valence-corrected chi connectivity index (χ0v) is 9.80. The molecule has 80 valence electrons. The molecule has 0 saturated carbocycles. The van der Waals surface area contributed by atoms with E-state index in [0.29, 0.717) is 0 Å². The molecule has 0 fully saturated rings. The van der Waals surface area contributed by atoms with Crippen molar-refractivity contribution in [1.82, 2.24) is 0 Å². The van der Waals surface area contributed by atoms with E-state index in [0.717, 1.165) is 15.7 Å². The lowest BCUT2D eigenvalue weighted by molar-refractivity contribution is -0.138. The van der Waals surface area contributed by atoms with Crippen LogP contribution in [-0.4, -0.2) is 25.8 Å². The number of ether oxygens (including phenoxy) is 1. The van der Waals surface area contributed by atoms with Crippen LogP contribution in [0, 0.1) is 5.41 Å². The van der Waals surface area contributed by atoms with Gasteiger partial charge in [0.1, 0.15) is 6.54 Å². The highest BCUT2D eigenvalue weighted by Gasteiger charge is 2.03. The molecule has 0 saturated heterocycles. The summed E-state index contributed by atoms with van der Waals surface area (Å²) in [7, 11) is 1.34. The molecule has 0 aliphatic heterocycles. The number of carbonyl (C=O) groups excluding carboxylic acids is 1. The van der Waals surface area contributed by atoms with Gasteiger partial charge in [0.15, 0.2) is 0 Å². The third kappa shape index (κ3) is 3.36. The fraction of sp³-hybridized carbons (Fsp3) is 0.200. The zero-order valence-electron chi connectivity index (χ0n) is 8.21. The average Bonchev–Trinajstić information content (AvgIpc) is 2.26. The van der Waals surface area contributed by atoms with Gasteiger partial charge in [0, 0.05) is 21.9 Å². The van der Waals surface area contributed by atoms with Crippen molar-refractivity contribution in [2.75, 3.05) is 19.0 Å². The van der Waals surface area contributed by atoms with Gasteiger partial charge in [-0.05, 0) is 12.1 Å². The first-order valence-corrected chi connectivity index (χ1v) is 5.07. The van der Waals surface area contributed by atoms with Crippen molar-refractivity contribution in [2.24, 2.45) is 0 Å². The number of nitrogens with one attached hydrogen (secondary N) is 2. The van der Waals surface area contributed by atoms with Crippen LogP contribution in [-0.2, 0) is 9.53 Å². The third-order valence-corrected chi connectivity index (χ3v) is 2.31. The van der Waals surface area contributed by atoms with Crippen LogP contribution in [0.2, 0.25) is 0 Å². The number of halogens is 1. The van der Waals surface area contributed by atoms with Crippen LogP contribution in [0.4, 0.5) is 5.69 Å². The first kappa shape index (κ1) is 11.7. The summed E-state index contributed by atoms with van der Waals surface area (Å²) >= 11 is 3.32. The van der Waals surface area contributed by atoms with E-state index in [-0.39, 0.29) is 12.5 Å². The Morgan fingerprint density at radius 2 is 2.40 bits per heavy atom. The number of carbonyl (C=O) groups is 1. The van der Waals surface area contributed by atoms with E-state index in [1.54, 1.807) is 6.07 Å². The lowest BCUT2D eigenvalue weighted by Gasteiger charge is -2.08. The molecular weight excluding hydrogens is 260 g/mol. The molecule has 1 aromatic carbocycles. The Morgan fingerprint density at radius 3 is 3.00 bits per heavy atom. The number of benzene rings is 1. The van der Waals surface area contributed by atoms with Crippen LogP contribution in [0.15, 0.2) is 22.7 Å². The molecule has 0 spiro atoms. The van der Waals surface area contributed by atoms with E-state index in [4.69, 9.17) is 5.41 Å². The van der Waals surface area contributed by atoms with Crippen LogP contribution in [0.5, 0.6) is 0 Å². The number of methoxy groups -OCH3 is 1. The molecule has 0 amide bonds. The van der Waals surface area contributed by atoms with Crippen molar-refractivity contribution >= 4 is 33.8 Å². The number of esters is 1. The molecule has 0 heterocycles. The molecule has 0 atom stereocenters. The summed E-state index contributed by atoms with van der Waals surface area (Å²) in [5.41, 5.74) is 1.45. The maximum atomic E-state index is 10.9. The lowest BCUT2D eigenvalue weighted by Crippen LogP contribution is -2.15. The molecule has 0 unspecified atom stereocenters. The fourth-order valence-corrected chi connectivity index (χ4v) is 1.41. The Labute approximate surface area is 96.3 Å². The summed E-state index contributed by atoms with van der Waals surface area (Å²) < 4.78 is 5.39. The Hall–Kier alpha value is -1.36. The topological polar surface area (TPSA) is 62.2 Å². The van der Waals surface area contributed by atoms with Gasteiger partial charge in [-0.3, -0.25) is 4.79 Å². The molecule has 0 aliphatic carbocycles. The minimum Gasteiger partial charge on any atom is -0.468 e. The first-order chi connectivity index (χ1) is 7.17. The van der Waals surface area contributed by atoms with Crippen molar-refractivity contribution in [2.45, 2.75) is 0 Å². The molecule has 0 radical (unpaired) electrons. The van der Waals surface area contributed by atoms with E-state index in [9.17, 15) is 4.79 Å². The second-order valence-corrected chi connectivity index (χ2v) is 3.72. The molecule has 0 aromatic heterocycles. The minimum atomic E-state index is -0.342. The summed E-state index contributed by atoms with van der Waals surface area (Å²) in [5.74, 6) is -0.342. The summed E-state index contributed by atoms with van der Waals surface area (Å²) in [6, 6.07) is 5.43. The lowest BCUT2D eigenvalue weighted by atomic mass is 10.2. The Morgan fingerprint density at radius 1 is 1.67 bits per heavy atom. The van der Waals surface area contributed by atoms with Crippen LogP contribution in [0.1, 0.15) is 5.56 Å². The minimum absolute atomic E-state index is 0.0911. The highest BCUT2D eigenvalue weighted by Crippen LogP contribution is 2.19. The van der Waals surface area contributed by atoms with Crippen molar-refractivity contribution in [1.29, 1.82) is 5.41 Å². The standard InChI is InChI=1S/C10H11BrN2O2/c1-15-10(14)6-13-9-4-8(11)3-2-7(9)5-12/h2-5,12-13H,6H2,1H3. The van der Waals surface area contributed by atoms with Gasteiger partial charge in [0.25, 0.3) is 0 Å². The number of hydrogen-bond donors (Lipinski definition) is 2. The van der Waals surface area contributed by atoms with Gasteiger partial charge in [-0.15, -0.1) is 0 Å². The number of rotatable bonds is 4. The quantitative estimate of drug-likeness (QED) is 0.650. The molecule has 2 N–H and O–H groups in total. The average molecular weight is 271 g/mol. The number of hydrogen-bond acceptors (Lipinski definition) is 4. The molecule has 1 aromatic rings. The largest absolute Gasteiger partial charge is 0.468 e. The SMILES string of the molecule is COC(=O)CNc1cc(Br)ccc1C=N. The fourth-order valence-electron chi connectivity index (χ4n) is 1.05. The van der Waals surface area contributed by atoms with Crippen molar-refractivity contribution < 1.29 is 9.53 Å². The Kier molecular flexibility index (Phi) is 4.30. The third-order valence-electron chi connectivity index (χ3n) is 1.82. The second-order valence-electron chi connectivity index (χ2n) is 2.81. The van der Waals surface area contributed by atoms with Gasteiger partial charge in [-0.25, -0.2) is 0 Å². The van der Waals surface area contributed by atoms with Crippen molar-refractivity contribution in [3.63, 3.8) is 0 Å². The van der Waals surface area contributed by atoms with E-state index < -0.39 is 0 Å². The van der Waals surface area contributed by atoms with Gasteiger partial charge in [-0.1, -0.05) is 22.0 Å². The maximum absolute atomic E-state index is 10.9.